The zero-order valence-corrected chi connectivity index (χ0v) is 25.5. The summed E-state index contributed by atoms with van der Waals surface area (Å²) in [7, 11) is 0. The molecule has 0 spiro atoms. The predicted octanol–water partition coefficient (Wildman–Crippen LogP) is 7.64. The summed E-state index contributed by atoms with van der Waals surface area (Å²) in [5.41, 5.74) is 4.91. The second-order valence-electron chi connectivity index (χ2n) is 12.1. The number of nitriles is 1. The summed E-state index contributed by atoms with van der Waals surface area (Å²) in [6, 6.07) is 15.4. The Morgan fingerprint density at radius 1 is 1.19 bits per heavy atom. The lowest BCUT2D eigenvalue weighted by molar-refractivity contribution is 0.158. The third-order valence-corrected chi connectivity index (χ3v) is 9.76. The number of dihydropyridines is 1. The molecular formula is C35H37ClN6O. The number of imidazole rings is 1. The highest BCUT2D eigenvalue weighted by Gasteiger charge is 2.47. The van der Waals surface area contributed by atoms with Gasteiger partial charge in [0, 0.05) is 60.3 Å². The quantitative estimate of drug-likeness (QED) is 0.319. The number of aromatic nitrogens is 2. The molecule has 0 radical (unpaired) electrons. The maximum Gasteiger partial charge on any atom is 0.321 e. The van der Waals surface area contributed by atoms with Crippen LogP contribution in [-0.4, -0.2) is 45.8 Å². The topological polar surface area (TPSA) is 86.3 Å². The van der Waals surface area contributed by atoms with Crippen molar-refractivity contribution in [3.8, 4) is 6.07 Å². The molecule has 220 valence electrons. The summed E-state index contributed by atoms with van der Waals surface area (Å²) >= 11 is 6.58. The van der Waals surface area contributed by atoms with E-state index in [0.29, 0.717) is 30.3 Å². The minimum Gasteiger partial charge on any atom is -0.335 e. The van der Waals surface area contributed by atoms with E-state index in [1.807, 2.05) is 36.5 Å². The van der Waals surface area contributed by atoms with Crippen molar-refractivity contribution in [2.45, 2.75) is 58.0 Å². The van der Waals surface area contributed by atoms with Gasteiger partial charge < -0.3 is 14.8 Å². The Balaban J connectivity index is 1.22. The predicted molar refractivity (Wildman–Crippen MR) is 172 cm³/mol. The van der Waals surface area contributed by atoms with Crippen LogP contribution in [0, 0.1) is 29.6 Å². The molecule has 7 nitrogen and oxygen atoms in total. The number of carbonyl (C=O) groups excluding carboxylic acids is 1. The Labute approximate surface area is 258 Å². The first kappa shape index (κ1) is 28.9. The van der Waals surface area contributed by atoms with Gasteiger partial charge in [0.05, 0.1) is 17.7 Å². The van der Waals surface area contributed by atoms with Crippen molar-refractivity contribution >= 4 is 35.6 Å². The van der Waals surface area contributed by atoms with Crippen LogP contribution < -0.4 is 5.32 Å². The second kappa shape index (κ2) is 12.2. The zero-order chi connectivity index (χ0) is 30.0. The highest BCUT2D eigenvalue weighted by Crippen LogP contribution is 2.52. The molecule has 3 heterocycles. The molecule has 1 fully saturated rings. The van der Waals surface area contributed by atoms with Crippen LogP contribution in [0.1, 0.15) is 61.0 Å². The summed E-state index contributed by atoms with van der Waals surface area (Å²) in [5, 5.41) is 12.8. The first-order valence-corrected chi connectivity index (χ1v) is 15.5. The number of fused-ring (bicyclic) bond motifs is 2. The number of aliphatic imine (C=N–C) groups is 1. The molecule has 2 aromatic carbocycles. The van der Waals surface area contributed by atoms with E-state index in [4.69, 9.17) is 21.9 Å². The van der Waals surface area contributed by atoms with Crippen molar-refractivity contribution in [1.29, 1.82) is 5.26 Å². The lowest BCUT2D eigenvalue weighted by Gasteiger charge is -2.44. The van der Waals surface area contributed by atoms with Gasteiger partial charge in [0.1, 0.15) is 5.82 Å². The molecule has 2 amide bonds. The van der Waals surface area contributed by atoms with Gasteiger partial charge in [0.25, 0.3) is 0 Å². The fourth-order valence-electron chi connectivity index (χ4n) is 7.11. The number of piperidine rings is 1. The van der Waals surface area contributed by atoms with Crippen molar-refractivity contribution in [2.24, 2.45) is 16.3 Å². The molecule has 3 aliphatic rings. The number of carbonyl (C=O) groups is 1. The van der Waals surface area contributed by atoms with Crippen LogP contribution in [-0.2, 0) is 6.54 Å². The largest absolute Gasteiger partial charge is 0.335 e. The van der Waals surface area contributed by atoms with Gasteiger partial charge in [-0.3, -0.25) is 4.99 Å². The highest BCUT2D eigenvalue weighted by molar-refractivity contribution is 6.30. The van der Waals surface area contributed by atoms with E-state index in [0.717, 1.165) is 43.1 Å². The fourth-order valence-corrected chi connectivity index (χ4v) is 7.29. The normalized spacial score (nSPS) is 23.1. The molecule has 3 unspecified atom stereocenters. The van der Waals surface area contributed by atoms with Crippen molar-refractivity contribution in [2.75, 3.05) is 18.4 Å². The molecule has 1 N–H and O–H groups in total. The third-order valence-electron chi connectivity index (χ3n) is 9.53. The molecule has 1 aromatic heterocycles. The monoisotopic (exact) mass is 592 g/mol. The number of hydrogen-bond acceptors (Lipinski definition) is 4. The number of halogens is 1. The first-order chi connectivity index (χ1) is 20.9. The lowest BCUT2D eigenvalue weighted by Crippen LogP contribution is -2.45. The van der Waals surface area contributed by atoms with E-state index in [1.165, 1.54) is 16.7 Å². The molecule has 0 bridgehead atoms. The molecule has 3 aromatic rings. The van der Waals surface area contributed by atoms with Crippen molar-refractivity contribution in [3.63, 3.8) is 0 Å². The Hall–Kier alpha value is -4.15. The average molecular weight is 593 g/mol. The number of rotatable bonds is 6. The van der Waals surface area contributed by atoms with Crippen LogP contribution in [0.25, 0.3) is 6.08 Å². The maximum absolute atomic E-state index is 13.1. The number of hydrogen-bond donors (Lipinski definition) is 1. The summed E-state index contributed by atoms with van der Waals surface area (Å²) in [5.74, 6) is 1.61. The van der Waals surface area contributed by atoms with Crippen LogP contribution in [0.15, 0.2) is 77.6 Å². The van der Waals surface area contributed by atoms with Crippen LogP contribution >= 0.6 is 11.6 Å². The standard InChI is InChI=1S/C35H37ClN6O/c1-24-38-16-20-41(24)17-3-5-28-21-27-22-29(36)8-11-31(27)32(33-35(28,2)14-4-15-39-33)26-12-18-42(19-13-26)34(43)40-30-9-6-25(23-37)7-10-30/h4,6-11,14-16,20-22,26,32-33H,3,5,12-13,17-19H2,1-2H3,(H,40,43). The molecule has 8 heteroatoms. The van der Waals surface area contributed by atoms with Crippen LogP contribution in [0.4, 0.5) is 10.5 Å². The maximum atomic E-state index is 13.1. The summed E-state index contributed by atoms with van der Waals surface area (Å²) in [4.78, 5) is 24.6. The number of amides is 2. The Morgan fingerprint density at radius 3 is 2.70 bits per heavy atom. The van der Waals surface area contributed by atoms with E-state index < -0.39 is 0 Å². The number of nitrogens with one attached hydrogen (secondary N) is 1. The number of anilines is 1. The van der Waals surface area contributed by atoms with E-state index in [2.05, 4.69) is 58.2 Å². The van der Waals surface area contributed by atoms with Crippen LogP contribution in [0.5, 0.6) is 0 Å². The van der Waals surface area contributed by atoms with Gasteiger partial charge in [-0.2, -0.15) is 5.26 Å². The first-order valence-electron chi connectivity index (χ1n) is 15.1. The van der Waals surface area contributed by atoms with Gasteiger partial charge in [0.2, 0.25) is 0 Å². The van der Waals surface area contributed by atoms with Crippen LogP contribution in [0.3, 0.4) is 0 Å². The number of allylic oxidation sites excluding steroid dienone is 1. The molecule has 0 saturated carbocycles. The third kappa shape index (κ3) is 5.89. The zero-order valence-electron chi connectivity index (χ0n) is 24.7. The number of likely N-dealkylation sites (tertiary alicyclic amines) is 1. The molecular weight excluding hydrogens is 556 g/mol. The van der Waals surface area contributed by atoms with Crippen molar-refractivity contribution in [3.05, 3.63) is 100 Å². The van der Waals surface area contributed by atoms with E-state index in [1.54, 1.807) is 24.3 Å². The van der Waals surface area contributed by atoms with Gasteiger partial charge in [-0.05, 0) is 92.1 Å². The summed E-state index contributed by atoms with van der Waals surface area (Å²) < 4.78 is 2.21. The van der Waals surface area contributed by atoms with Crippen molar-refractivity contribution < 1.29 is 4.79 Å². The van der Waals surface area contributed by atoms with Gasteiger partial charge in [0.15, 0.2) is 0 Å². The molecule has 1 aliphatic carbocycles. The van der Waals surface area contributed by atoms with Gasteiger partial charge >= 0.3 is 6.03 Å². The molecule has 6 rings (SSSR count). The van der Waals surface area contributed by atoms with Crippen LogP contribution in [0.2, 0.25) is 5.02 Å². The molecule has 2 aliphatic heterocycles. The molecule has 43 heavy (non-hydrogen) atoms. The molecule has 3 atom stereocenters. The lowest BCUT2D eigenvalue weighted by atomic mass is 9.64. The van der Waals surface area contributed by atoms with Crippen molar-refractivity contribution in [1.82, 2.24) is 14.5 Å². The minimum atomic E-state index is -0.223. The van der Waals surface area contributed by atoms with E-state index in [-0.39, 0.29) is 23.4 Å². The van der Waals surface area contributed by atoms with E-state index in [9.17, 15) is 4.79 Å². The Bertz CT molecular complexity index is 1620. The average Bonchev–Trinajstić information content (AvgIpc) is 3.39. The SMILES string of the molecule is Cc1nccn1CCCC1=Cc2cc(Cl)ccc2C(C2CCN(C(=O)Nc3ccc(C#N)cc3)CC2)C2N=CC=CC12C. The molecule has 1 saturated heterocycles. The summed E-state index contributed by atoms with van der Waals surface area (Å²) in [6.45, 7) is 6.68. The van der Waals surface area contributed by atoms with E-state index >= 15 is 0 Å². The van der Waals surface area contributed by atoms with Gasteiger partial charge in [-0.1, -0.05) is 42.3 Å². The number of nitrogens with zero attached hydrogens (tertiary/aromatic N) is 5. The smallest absolute Gasteiger partial charge is 0.321 e. The Morgan fingerprint density at radius 2 is 1.98 bits per heavy atom. The number of benzene rings is 2. The number of urea groups is 1. The van der Waals surface area contributed by atoms with Gasteiger partial charge in [-0.25, -0.2) is 9.78 Å². The minimum absolute atomic E-state index is 0.0604. The summed E-state index contributed by atoms with van der Waals surface area (Å²) in [6.07, 6.45) is 16.5. The fraction of sp³-hybridized carbons (Fsp3) is 0.371. The van der Waals surface area contributed by atoms with Gasteiger partial charge in [-0.15, -0.1) is 0 Å². The second-order valence-corrected chi connectivity index (χ2v) is 12.5. The number of aryl methyl sites for hydroxylation is 2. The Kier molecular flexibility index (Phi) is 8.23. The highest BCUT2D eigenvalue weighted by atomic mass is 35.5.